The normalized spacial score (nSPS) is 31.7. The van der Waals surface area contributed by atoms with Crippen LogP contribution in [0.3, 0.4) is 0 Å². The van der Waals surface area contributed by atoms with Gasteiger partial charge in [0.1, 0.15) is 6.17 Å². The number of fused-ring (bicyclic) bond motifs is 1. The molecule has 0 heterocycles. The zero-order valence-electron chi connectivity index (χ0n) is 26.5. The molecule has 4 heteroatoms. The molecule has 0 amide bonds. The number of rotatable bonds is 9. The molecule has 3 rings (SSSR count). The highest BCUT2D eigenvalue weighted by Crippen LogP contribution is 2.57. The molecule has 220 valence electrons. The molecule has 1 N–H and O–H groups in total. The molecule has 0 aromatic rings. The van der Waals surface area contributed by atoms with Crippen molar-refractivity contribution in [2.24, 2.45) is 17.3 Å². The molecule has 0 spiro atoms. The molecule has 2 fully saturated rings. The first-order chi connectivity index (χ1) is 18.1. The fourth-order valence-electron chi connectivity index (χ4n) is 6.82. The van der Waals surface area contributed by atoms with Crippen LogP contribution in [0.1, 0.15) is 106 Å². The Morgan fingerprint density at radius 3 is 2.51 bits per heavy atom. The number of allylic oxidation sites excluding steroid dienone is 7. The van der Waals surface area contributed by atoms with Gasteiger partial charge in [-0.2, -0.15) is 0 Å². The van der Waals surface area contributed by atoms with Crippen LogP contribution in [0, 0.1) is 17.3 Å². The summed E-state index contributed by atoms with van der Waals surface area (Å²) in [5.74, 6) is 0.982. The summed E-state index contributed by atoms with van der Waals surface area (Å²) in [7, 11) is -1.96. The smallest absolute Gasteiger partial charge is 0.192 e. The largest absolute Gasteiger partial charge is 0.413 e. The molecule has 3 aliphatic rings. The monoisotopic (exact) mass is 556 g/mol. The molecule has 2 saturated carbocycles. The van der Waals surface area contributed by atoms with Crippen molar-refractivity contribution in [3.63, 3.8) is 0 Å². The van der Waals surface area contributed by atoms with E-state index in [4.69, 9.17) is 4.43 Å². The summed E-state index contributed by atoms with van der Waals surface area (Å²) in [6, 6.07) is 0. The standard InChI is InChI=1S/C35H57FO2Si/c1-11-35(37,12-2)22-13-15-25(3)30-19-20-31-27(16-14-21-34(30,31)8)17-18-28-23-29(24-32(36)26(28)4)38-39(9,10)33(5,6)7/h13,17-19,22,25,29,31-32,37H,4,11-12,14-16,20-21,23-24H2,1-3,5-10H3/b22-13+,27-17+,28-18-/t25-,29+,31?,32-,34+/m0/s1. The Labute approximate surface area is 240 Å². The van der Waals surface area contributed by atoms with Gasteiger partial charge in [-0.3, -0.25) is 0 Å². The van der Waals surface area contributed by atoms with Crippen molar-refractivity contribution >= 4 is 8.32 Å². The molecule has 0 saturated heterocycles. The average Bonchev–Trinajstić information content (AvgIpc) is 3.21. The van der Waals surface area contributed by atoms with Crippen LogP contribution in [0.5, 0.6) is 0 Å². The van der Waals surface area contributed by atoms with Crippen LogP contribution in [-0.4, -0.2) is 31.3 Å². The maximum Gasteiger partial charge on any atom is 0.192 e. The molecule has 5 atom stereocenters. The first-order valence-corrected chi connectivity index (χ1v) is 18.5. The number of aliphatic hydroxyl groups is 1. The van der Waals surface area contributed by atoms with E-state index in [1.54, 1.807) is 5.57 Å². The SMILES string of the molecule is C=C1/C(=C\C=C2/CCC[C@]3(C)C([C@@H](C)C/C=C/C(O)(CC)CC)=CCC23)C[C@@H](O[Si](C)(C)C(C)(C)C)C[C@@H]1F. The minimum Gasteiger partial charge on any atom is -0.413 e. The van der Waals surface area contributed by atoms with E-state index in [0.717, 1.165) is 44.1 Å². The molecule has 0 radical (unpaired) electrons. The first kappa shape index (κ1) is 32.3. The number of hydrogen-bond donors (Lipinski definition) is 1. The van der Waals surface area contributed by atoms with E-state index >= 15 is 4.39 Å². The maximum atomic E-state index is 15.1. The third kappa shape index (κ3) is 7.16. The highest BCUT2D eigenvalue weighted by molar-refractivity contribution is 6.74. The summed E-state index contributed by atoms with van der Waals surface area (Å²) in [5, 5.41) is 10.7. The van der Waals surface area contributed by atoms with Gasteiger partial charge in [0.15, 0.2) is 8.32 Å². The molecule has 1 unspecified atom stereocenters. The minimum atomic E-state index is -1.96. The number of halogens is 1. The van der Waals surface area contributed by atoms with Gasteiger partial charge in [-0.15, -0.1) is 0 Å². The maximum absolute atomic E-state index is 15.1. The second-order valence-electron chi connectivity index (χ2n) is 14.4. The van der Waals surface area contributed by atoms with E-state index in [-0.39, 0.29) is 16.6 Å². The topological polar surface area (TPSA) is 29.5 Å². The van der Waals surface area contributed by atoms with Crippen LogP contribution in [0.15, 0.2) is 59.3 Å². The Bertz CT molecular complexity index is 1010. The Morgan fingerprint density at radius 1 is 1.23 bits per heavy atom. The third-order valence-corrected chi connectivity index (χ3v) is 15.3. The Kier molecular flexibility index (Phi) is 10.2. The Balaban J connectivity index is 1.75. The van der Waals surface area contributed by atoms with E-state index in [0.29, 0.717) is 23.8 Å². The van der Waals surface area contributed by atoms with Crippen LogP contribution in [0.4, 0.5) is 4.39 Å². The number of alkyl halides is 1. The summed E-state index contributed by atoms with van der Waals surface area (Å²) >= 11 is 0. The molecule has 0 aromatic heterocycles. The lowest BCUT2D eigenvalue weighted by molar-refractivity contribution is 0.0824. The lowest BCUT2D eigenvalue weighted by Crippen LogP contribution is -2.45. The van der Waals surface area contributed by atoms with Crippen molar-refractivity contribution in [3.05, 3.63) is 59.3 Å². The van der Waals surface area contributed by atoms with Gasteiger partial charge in [0.2, 0.25) is 0 Å². The first-order valence-electron chi connectivity index (χ1n) is 15.6. The van der Waals surface area contributed by atoms with Crippen LogP contribution >= 0.6 is 0 Å². The van der Waals surface area contributed by atoms with E-state index in [1.807, 2.05) is 19.9 Å². The van der Waals surface area contributed by atoms with E-state index in [9.17, 15) is 5.11 Å². The quantitative estimate of drug-likeness (QED) is 0.226. The molecule has 0 aliphatic heterocycles. The van der Waals surface area contributed by atoms with Crippen molar-refractivity contribution in [1.29, 1.82) is 0 Å². The zero-order chi connectivity index (χ0) is 29.2. The van der Waals surface area contributed by atoms with E-state index in [1.165, 1.54) is 18.4 Å². The van der Waals surface area contributed by atoms with Gasteiger partial charge >= 0.3 is 0 Å². The highest BCUT2D eigenvalue weighted by atomic mass is 28.4. The fourth-order valence-corrected chi connectivity index (χ4v) is 8.19. The van der Waals surface area contributed by atoms with E-state index < -0.39 is 20.1 Å². The lowest BCUT2D eigenvalue weighted by Gasteiger charge is -2.42. The summed E-state index contributed by atoms with van der Waals surface area (Å²) < 4.78 is 21.7. The van der Waals surface area contributed by atoms with Gasteiger partial charge in [-0.1, -0.05) is 96.6 Å². The molecule has 3 aliphatic carbocycles. The molecule has 2 nitrogen and oxygen atoms in total. The van der Waals surface area contributed by atoms with Gasteiger partial charge in [0, 0.05) is 6.42 Å². The highest BCUT2D eigenvalue weighted by Gasteiger charge is 2.46. The van der Waals surface area contributed by atoms with Crippen LogP contribution < -0.4 is 0 Å². The molecule has 0 bridgehead atoms. The van der Waals surface area contributed by atoms with Crippen molar-refractivity contribution in [3.8, 4) is 0 Å². The van der Waals surface area contributed by atoms with Gasteiger partial charge in [-0.25, -0.2) is 4.39 Å². The van der Waals surface area contributed by atoms with Crippen molar-refractivity contribution < 1.29 is 13.9 Å². The second kappa shape index (κ2) is 12.3. The predicted octanol–water partition coefficient (Wildman–Crippen LogP) is 10.2. The predicted molar refractivity (Wildman–Crippen MR) is 168 cm³/mol. The molecular weight excluding hydrogens is 499 g/mol. The summed E-state index contributed by atoms with van der Waals surface area (Å²) in [6.45, 7) is 24.3. The molecule has 39 heavy (non-hydrogen) atoms. The lowest BCUT2D eigenvalue weighted by atomic mass is 9.62. The zero-order valence-corrected chi connectivity index (χ0v) is 27.5. The average molecular weight is 557 g/mol. The van der Waals surface area contributed by atoms with Gasteiger partial charge < -0.3 is 9.53 Å². The molecule has 0 aromatic carbocycles. The number of hydrogen-bond acceptors (Lipinski definition) is 2. The van der Waals surface area contributed by atoms with Crippen molar-refractivity contribution in [2.45, 2.75) is 142 Å². The summed E-state index contributed by atoms with van der Waals surface area (Å²) in [6.07, 6.45) is 18.4. The van der Waals surface area contributed by atoms with Crippen LogP contribution in [-0.2, 0) is 4.43 Å². The van der Waals surface area contributed by atoms with Crippen molar-refractivity contribution in [1.82, 2.24) is 0 Å². The van der Waals surface area contributed by atoms with Crippen LogP contribution in [0.2, 0.25) is 18.1 Å². The fraction of sp³-hybridized carbons (Fsp3) is 0.714. The van der Waals surface area contributed by atoms with E-state index in [2.05, 4.69) is 78.6 Å². The third-order valence-electron chi connectivity index (χ3n) is 10.8. The Morgan fingerprint density at radius 2 is 1.90 bits per heavy atom. The second-order valence-corrected chi connectivity index (χ2v) is 19.2. The van der Waals surface area contributed by atoms with Gasteiger partial charge in [0.25, 0.3) is 0 Å². The van der Waals surface area contributed by atoms with Crippen LogP contribution in [0.25, 0.3) is 0 Å². The van der Waals surface area contributed by atoms with Gasteiger partial charge in [0.05, 0.1) is 11.7 Å². The Hall–Kier alpha value is -1.23. The van der Waals surface area contributed by atoms with Gasteiger partial charge in [-0.05, 0) is 97.9 Å². The molecular formula is C35H57FO2Si. The minimum absolute atomic E-state index is 0.0700. The van der Waals surface area contributed by atoms with Crippen molar-refractivity contribution in [2.75, 3.05) is 0 Å². The summed E-state index contributed by atoms with van der Waals surface area (Å²) in [4.78, 5) is 0. The summed E-state index contributed by atoms with van der Waals surface area (Å²) in [5.41, 5.74) is 4.27.